The van der Waals surface area contributed by atoms with Crippen molar-refractivity contribution in [2.45, 2.75) is 426 Å². The van der Waals surface area contributed by atoms with Crippen molar-refractivity contribution in [2.24, 2.45) is 17.8 Å². The lowest BCUT2D eigenvalue weighted by Gasteiger charge is -2.21. The lowest BCUT2D eigenvalue weighted by molar-refractivity contribution is -0.161. The summed E-state index contributed by atoms with van der Waals surface area (Å²) < 4.78 is 68.6. The van der Waals surface area contributed by atoms with E-state index in [-0.39, 0.29) is 25.7 Å². The Labute approximate surface area is 600 Å². The summed E-state index contributed by atoms with van der Waals surface area (Å²) in [4.78, 5) is 72.9. The molecule has 98 heavy (non-hydrogen) atoms. The molecule has 0 aliphatic rings. The van der Waals surface area contributed by atoms with Crippen LogP contribution in [0, 0.1) is 17.8 Å². The maximum atomic E-state index is 13.1. The predicted octanol–water partition coefficient (Wildman–Crippen LogP) is 23.4. The van der Waals surface area contributed by atoms with E-state index in [1.165, 1.54) is 212 Å². The lowest BCUT2D eigenvalue weighted by atomic mass is 10.0. The van der Waals surface area contributed by atoms with Crippen LogP contribution in [-0.2, 0) is 65.4 Å². The first kappa shape index (κ1) is 96.1. The molecular weight excluding hydrogens is 1280 g/mol. The second-order valence-corrected chi connectivity index (χ2v) is 32.8. The van der Waals surface area contributed by atoms with Crippen LogP contribution in [0.3, 0.4) is 0 Å². The Morgan fingerprint density at radius 3 is 0.694 bits per heavy atom. The van der Waals surface area contributed by atoms with Gasteiger partial charge in [-0.15, -0.1) is 0 Å². The van der Waals surface area contributed by atoms with Gasteiger partial charge in [0.2, 0.25) is 0 Å². The monoisotopic (exact) mass is 1440 g/mol. The minimum atomic E-state index is -4.96. The molecule has 0 heterocycles. The van der Waals surface area contributed by atoms with E-state index in [0.29, 0.717) is 31.6 Å². The van der Waals surface area contributed by atoms with E-state index in [9.17, 15) is 43.2 Å². The fourth-order valence-electron chi connectivity index (χ4n) is 12.1. The minimum absolute atomic E-state index is 0.106. The number of hydrogen-bond donors (Lipinski definition) is 3. The van der Waals surface area contributed by atoms with Gasteiger partial charge in [0, 0.05) is 25.7 Å². The average molecular weight is 1440 g/mol. The summed E-state index contributed by atoms with van der Waals surface area (Å²) in [5.74, 6) is 0.126. The summed E-state index contributed by atoms with van der Waals surface area (Å²) in [6.07, 6.45) is 57.0. The molecule has 0 bridgehead atoms. The van der Waals surface area contributed by atoms with E-state index in [2.05, 4.69) is 48.5 Å². The highest BCUT2D eigenvalue weighted by molar-refractivity contribution is 7.47. The topological polar surface area (TPSA) is 237 Å². The largest absolute Gasteiger partial charge is 0.472 e. The van der Waals surface area contributed by atoms with Gasteiger partial charge in [0.25, 0.3) is 0 Å². The third-order valence-electron chi connectivity index (χ3n) is 18.4. The number of aliphatic hydroxyl groups excluding tert-OH is 1. The van der Waals surface area contributed by atoms with E-state index >= 15 is 0 Å². The van der Waals surface area contributed by atoms with E-state index in [4.69, 9.17) is 37.0 Å². The number of phosphoric ester groups is 2. The lowest BCUT2D eigenvalue weighted by Crippen LogP contribution is -2.30. The van der Waals surface area contributed by atoms with Crippen LogP contribution >= 0.6 is 15.6 Å². The number of unbranched alkanes of at least 4 members (excludes halogenated alkanes) is 45. The zero-order valence-electron chi connectivity index (χ0n) is 64.3. The third-order valence-corrected chi connectivity index (χ3v) is 20.3. The molecule has 0 aromatic carbocycles. The molecule has 0 radical (unpaired) electrons. The van der Waals surface area contributed by atoms with Crippen molar-refractivity contribution in [3.8, 4) is 0 Å². The molecule has 2 unspecified atom stereocenters. The van der Waals surface area contributed by atoms with Gasteiger partial charge in [0.05, 0.1) is 26.4 Å². The summed E-state index contributed by atoms with van der Waals surface area (Å²) in [5, 5.41) is 10.6. The van der Waals surface area contributed by atoms with Gasteiger partial charge in [0.1, 0.15) is 19.3 Å². The van der Waals surface area contributed by atoms with Gasteiger partial charge in [-0.25, -0.2) is 9.13 Å². The second kappa shape index (κ2) is 69.4. The summed E-state index contributed by atoms with van der Waals surface area (Å²) in [5.41, 5.74) is 0. The van der Waals surface area contributed by atoms with Crippen molar-refractivity contribution in [3.63, 3.8) is 0 Å². The van der Waals surface area contributed by atoms with E-state index < -0.39 is 97.5 Å². The summed E-state index contributed by atoms with van der Waals surface area (Å²) in [6, 6.07) is 0. The Bertz CT molecular complexity index is 1900. The van der Waals surface area contributed by atoms with Crippen LogP contribution in [0.15, 0.2) is 0 Å². The predicted molar refractivity (Wildman–Crippen MR) is 400 cm³/mol. The molecule has 0 aliphatic heterocycles. The van der Waals surface area contributed by atoms with Crippen molar-refractivity contribution in [3.05, 3.63) is 0 Å². The Morgan fingerprint density at radius 2 is 0.469 bits per heavy atom. The molecule has 0 rings (SSSR count). The Hall–Kier alpha value is -1.94. The average Bonchev–Trinajstić information content (AvgIpc) is 0.953. The molecule has 19 heteroatoms. The van der Waals surface area contributed by atoms with Gasteiger partial charge in [-0.1, -0.05) is 357 Å². The molecular formula is C79H154O17P2. The number of rotatable bonds is 77. The van der Waals surface area contributed by atoms with Crippen molar-refractivity contribution in [2.75, 3.05) is 39.6 Å². The molecule has 0 saturated carbocycles. The molecule has 0 aromatic heterocycles. The molecule has 3 N–H and O–H groups in total. The molecule has 0 aliphatic carbocycles. The van der Waals surface area contributed by atoms with Crippen molar-refractivity contribution in [1.29, 1.82) is 0 Å². The van der Waals surface area contributed by atoms with Crippen LogP contribution in [0.2, 0.25) is 0 Å². The van der Waals surface area contributed by atoms with Gasteiger partial charge in [-0.3, -0.25) is 37.3 Å². The Morgan fingerprint density at radius 1 is 0.276 bits per heavy atom. The van der Waals surface area contributed by atoms with Crippen molar-refractivity contribution in [1.82, 2.24) is 0 Å². The number of carbonyl (C=O) groups is 4. The first-order chi connectivity index (χ1) is 47.2. The maximum absolute atomic E-state index is 13.1. The molecule has 0 spiro atoms. The van der Waals surface area contributed by atoms with Gasteiger partial charge in [0.15, 0.2) is 12.2 Å². The maximum Gasteiger partial charge on any atom is 0.472 e. The number of hydrogen-bond acceptors (Lipinski definition) is 15. The number of carbonyl (C=O) groups excluding carboxylic acids is 4. The minimum Gasteiger partial charge on any atom is -0.462 e. The summed E-state index contributed by atoms with van der Waals surface area (Å²) >= 11 is 0. The molecule has 0 fully saturated rings. The number of phosphoric acid groups is 2. The fraction of sp³-hybridized carbons (Fsp3) is 0.949. The summed E-state index contributed by atoms with van der Waals surface area (Å²) in [6.45, 7) is 11.9. The van der Waals surface area contributed by atoms with Gasteiger partial charge in [-0.2, -0.15) is 0 Å². The van der Waals surface area contributed by atoms with Gasteiger partial charge >= 0.3 is 39.5 Å². The van der Waals surface area contributed by atoms with E-state index in [0.717, 1.165) is 108 Å². The van der Waals surface area contributed by atoms with Crippen LogP contribution in [0.25, 0.3) is 0 Å². The van der Waals surface area contributed by atoms with Crippen LogP contribution in [0.1, 0.15) is 408 Å². The standard InChI is InChI=1S/C79H154O17P2/c1-8-9-10-11-12-13-14-15-16-17-18-19-20-21-22-27-33-40-48-55-62-78(83)95-74(66-89-76(81)60-53-46-39-32-28-23-25-30-36-43-50-57-70(2)3)68-93-97(85,86)91-64-73(80)65-92-98(87,88)94-69-75(67-90-77(82)61-54-47-42-35-38-45-52-59-72(6)7)96-79(84)63-56-49-41-34-29-24-26-31-37-44-51-58-71(4)5/h70-75,80H,8-69H2,1-7H3,(H,85,86)(H,87,88)/t73-,74-,75-/m1/s1. The molecule has 5 atom stereocenters. The number of esters is 4. The van der Waals surface area contributed by atoms with Crippen molar-refractivity contribution < 1.29 is 80.2 Å². The highest BCUT2D eigenvalue weighted by atomic mass is 31.2. The fourth-order valence-corrected chi connectivity index (χ4v) is 13.7. The van der Waals surface area contributed by atoms with E-state index in [1.807, 2.05) is 0 Å². The SMILES string of the molecule is CCCCCCCCCCCCCCCCCCCCCCC(=O)O[C@H](COC(=O)CCCCCCCCCCCCCC(C)C)COP(=O)(O)OC[C@@H](O)COP(=O)(O)OC[C@@H](COC(=O)CCCCCCCCCC(C)C)OC(=O)CCCCCCCCCCCCCC(C)C. The second-order valence-electron chi connectivity index (χ2n) is 29.9. The van der Waals surface area contributed by atoms with Crippen LogP contribution < -0.4 is 0 Å². The van der Waals surface area contributed by atoms with Gasteiger partial charge in [-0.05, 0) is 43.4 Å². The molecule has 0 aromatic rings. The Balaban J connectivity index is 5.23. The first-order valence-electron chi connectivity index (χ1n) is 40.8. The van der Waals surface area contributed by atoms with Crippen LogP contribution in [0.5, 0.6) is 0 Å². The zero-order chi connectivity index (χ0) is 72.3. The molecule has 0 saturated heterocycles. The number of ether oxygens (including phenoxy) is 4. The van der Waals surface area contributed by atoms with Crippen LogP contribution in [0.4, 0.5) is 0 Å². The first-order valence-corrected chi connectivity index (χ1v) is 43.8. The number of aliphatic hydroxyl groups is 1. The normalized spacial score (nSPS) is 14.0. The summed E-state index contributed by atoms with van der Waals surface area (Å²) in [7, 11) is -9.92. The smallest absolute Gasteiger partial charge is 0.462 e. The highest BCUT2D eigenvalue weighted by Gasteiger charge is 2.30. The Kier molecular flexibility index (Phi) is 68.1. The zero-order valence-corrected chi connectivity index (χ0v) is 66.0. The highest BCUT2D eigenvalue weighted by Crippen LogP contribution is 2.45. The van der Waals surface area contributed by atoms with Crippen molar-refractivity contribution >= 4 is 39.5 Å². The van der Waals surface area contributed by atoms with E-state index in [1.54, 1.807) is 0 Å². The van der Waals surface area contributed by atoms with Crippen LogP contribution in [-0.4, -0.2) is 96.7 Å². The van der Waals surface area contributed by atoms with Gasteiger partial charge < -0.3 is 33.8 Å². The quantitative estimate of drug-likeness (QED) is 0.0222. The molecule has 17 nitrogen and oxygen atoms in total. The third kappa shape index (κ3) is 72.4. The molecule has 0 amide bonds. The molecule has 582 valence electrons.